The van der Waals surface area contributed by atoms with Crippen molar-refractivity contribution in [3.8, 4) is 10.4 Å². The largest absolute Gasteiger partial charge is 0.477 e. The molecular formula is C10H7N3O2S. The van der Waals surface area contributed by atoms with Gasteiger partial charge >= 0.3 is 5.97 Å². The molecule has 1 aliphatic heterocycles. The van der Waals surface area contributed by atoms with Gasteiger partial charge < -0.3 is 10.4 Å². The molecule has 3 rings (SSSR count). The molecule has 1 aliphatic rings. The minimum absolute atomic E-state index is 0.328. The van der Waals surface area contributed by atoms with Crippen molar-refractivity contribution in [3.63, 3.8) is 0 Å². The van der Waals surface area contributed by atoms with Crippen molar-refractivity contribution in [3.05, 3.63) is 29.2 Å². The number of aromatic nitrogens is 2. The third kappa shape index (κ3) is 1.27. The van der Waals surface area contributed by atoms with Crippen molar-refractivity contribution < 1.29 is 9.90 Å². The summed E-state index contributed by atoms with van der Waals surface area (Å²) in [4.78, 5) is 20.2. The van der Waals surface area contributed by atoms with E-state index in [0.29, 0.717) is 11.4 Å². The minimum atomic E-state index is -0.903. The van der Waals surface area contributed by atoms with Crippen LogP contribution in [-0.2, 0) is 6.54 Å². The number of carbonyl (C=O) groups is 1. The highest BCUT2D eigenvalue weighted by Crippen LogP contribution is 2.40. The van der Waals surface area contributed by atoms with Gasteiger partial charge in [0.25, 0.3) is 0 Å². The van der Waals surface area contributed by atoms with Crippen LogP contribution in [0.5, 0.6) is 0 Å². The molecule has 2 aromatic rings. The first-order valence-corrected chi connectivity index (χ1v) is 5.47. The van der Waals surface area contributed by atoms with Crippen molar-refractivity contribution in [2.24, 2.45) is 0 Å². The molecule has 2 N–H and O–H groups in total. The molecule has 0 atom stereocenters. The predicted octanol–water partition coefficient (Wildman–Crippen LogP) is 1.83. The number of hydrogen-bond donors (Lipinski definition) is 2. The quantitative estimate of drug-likeness (QED) is 0.785. The molecule has 0 amide bonds. The highest BCUT2D eigenvalue weighted by Gasteiger charge is 2.21. The smallest absolute Gasteiger partial charge is 0.345 e. The van der Waals surface area contributed by atoms with Gasteiger partial charge in [-0.2, -0.15) is 0 Å². The number of fused-ring (bicyclic) bond motifs is 3. The van der Waals surface area contributed by atoms with Crippen LogP contribution in [0.4, 0.5) is 5.69 Å². The van der Waals surface area contributed by atoms with Crippen LogP contribution in [-0.4, -0.2) is 21.0 Å². The van der Waals surface area contributed by atoms with E-state index in [1.807, 2.05) is 0 Å². The van der Waals surface area contributed by atoms with Crippen LogP contribution in [0.15, 0.2) is 18.6 Å². The van der Waals surface area contributed by atoms with Gasteiger partial charge in [0.15, 0.2) is 0 Å². The lowest BCUT2D eigenvalue weighted by Crippen LogP contribution is -2.08. The maximum absolute atomic E-state index is 10.9. The number of anilines is 1. The zero-order valence-corrected chi connectivity index (χ0v) is 8.91. The molecule has 0 bridgehead atoms. The Labute approximate surface area is 94.8 Å². The summed E-state index contributed by atoms with van der Waals surface area (Å²) >= 11 is 1.24. The van der Waals surface area contributed by atoms with Crippen LogP contribution in [0.1, 0.15) is 15.4 Å². The second-order valence-corrected chi connectivity index (χ2v) is 4.45. The molecule has 0 radical (unpaired) electrons. The third-order valence-electron chi connectivity index (χ3n) is 2.43. The van der Waals surface area contributed by atoms with Gasteiger partial charge in [-0.3, -0.25) is 0 Å². The zero-order chi connectivity index (χ0) is 11.1. The number of carboxylic acids is 1. The monoisotopic (exact) mass is 233 g/mol. The summed E-state index contributed by atoms with van der Waals surface area (Å²) in [5.74, 6) is -0.903. The van der Waals surface area contributed by atoms with Crippen LogP contribution in [0, 0.1) is 0 Å². The number of nitrogens with one attached hydrogen (secondary N) is 1. The fourth-order valence-electron chi connectivity index (χ4n) is 1.69. The number of hydrogen-bond acceptors (Lipinski definition) is 5. The Balaban J connectivity index is 2.20. The second kappa shape index (κ2) is 3.28. The number of thiophene rings is 1. The first kappa shape index (κ1) is 9.29. The molecule has 6 heteroatoms. The van der Waals surface area contributed by atoms with E-state index in [0.717, 1.165) is 21.8 Å². The number of aromatic carboxylic acids is 1. The molecule has 5 nitrogen and oxygen atoms in total. The van der Waals surface area contributed by atoms with Crippen molar-refractivity contribution in [2.45, 2.75) is 6.54 Å². The molecule has 0 aromatic carbocycles. The summed E-state index contributed by atoms with van der Waals surface area (Å²) in [6.07, 6.45) is 3.22. The number of carboxylic acid groups (broad SMARTS) is 1. The highest BCUT2D eigenvalue weighted by molar-refractivity contribution is 7.18. The molecular weight excluding hydrogens is 226 g/mol. The standard InChI is InChI=1S/C10H7N3O2S/c14-10(15)8-1-6-9(16-8)5-2-11-4-13-7(5)3-12-6/h1-2,4,12H,3H2,(H,14,15). The Morgan fingerprint density at radius 2 is 2.44 bits per heavy atom. The Morgan fingerprint density at radius 1 is 1.56 bits per heavy atom. The van der Waals surface area contributed by atoms with Crippen LogP contribution >= 0.6 is 11.3 Å². The van der Waals surface area contributed by atoms with Gasteiger partial charge in [0.2, 0.25) is 0 Å². The molecule has 0 fully saturated rings. The van der Waals surface area contributed by atoms with Gasteiger partial charge in [-0.25, -0.2) is 14.8 Å². The van der Waals surface area contributed by atoms with Crippen molar-refractivity contribution in [1.29, 1.82) is 0 Å². The number of rotatable bonds is 1. The van der Waals surface area contributed by atoms with Crippen LogP contribution < -0.4 is 5.32 Å². The predicted molar refractivity (Wildman–Crippen MR) is 59.6 cm³/mol. The Hall–Kier alpha value is -1.95. The lowest BCUT2D eigenvalue weighted by atomic mass is 10.1. The van der Waals surface area contributed by atoms with Crippen molar-refractivity contribution in [1.82, 2.24) is 9.97 Å². The molecule has 80 valence electrons. The van der Waals surface area contributed by atoms with Gasteiger partial charge in [-0.1, -0.05) is 0 Å². The third-order valence-corrected chi connectivity index (χ3v) is 3.58. The average Bonchev–Trinajstić information content (AvgIpc) is 2.73. The fraction of sp³-hybridized carbons (Fsp3) is 0.100. The summed E-state index contributed by atoms with van der Waals surface area (Å²) in [5, 5.41) is 12.1. The van der Waals surface area contributed by atoms with E-state index in [2.05, 4.69) is 15.3 Å². The Bertz CT molecular complexity index is 579. The van der Waals surface area contributed by atoms with Crippen molar-refractivity contribution >= 4 is 23.0 Å². The van der Waals surface area contributed by atoms with E-state index >= 15 is 0 Å². The fourth-order valence-corrected chi connectivity index (χ4v) is 2.70. The summed E-state index contributed by atoms with van der Waals surface area (Å²) in [7, 11) is 0. The Kier molecular flexibility index (Phi) is 1.90. The lowest BCUT2D eigenvalue weighted by molar-refractivity contribution is 0.0702. The van der Waals surface area contributed by atoms with E-state index in [1.54, 1.807) is 12.3 Å². The van der Waals surface area contributed by atoms with Gasteiger partial charge in [0.1, 0.15) is 11.2 Å². The molecule has 0 spiro atoms. The van der Waals surface area contributed by atoms with Crippen LogP contribution in [0.3, 0.4) is 0 Å². The van der Waals surface area contributed by atoms with E-state index in [4.69, 9.17) is 5.11 Å². The topological polar surface area (TPSA) is 75.1 Å². The van der Waals surface area contributed by atoms with Gasteiger partial charge in [-0.15, -0.1) is 11.3 Å². The average molecular weight is 233 g/mol. The molecule has 2 aromatic heterocycles. The minimum Gasteiger partial charge on any atom is -0.477 e. The molecule has 0 saturated carbocycles. The summed E-state index contributed by atoms with van der Waals surface area (Å²) in [6, 6.07) is 1.65. The summed E-state index contributed by atoms with van der Waals surface area (Å²) in [5.41, 5.74) is 2.68. The molecule has 0 unspecified atom stereocenters. The normalized spacial score (nSPS) is 12.5. The van der Waals surface area contributed by atoms with E-state index in [1.165, 1.54) is 17.7 Å². The SMILES string of the molecule is O=C(O)c1cc2c(s1)-c1cncnc1CN2. The van der Waals surface area contributed by atoms with Crippen LogP contribution in [0.2, 0.25) is 0 Å². The molecule has 3 heterocycles. The van der Waals surface area contributed by atoms with Crippen molar-refractivity contribution in [2.75, 3.05) is 5.32 Å². The van der Waals surface area contributed by atoms with Gasteiger partial charge in [0.05, 0.1) is 22.8 Å². The molecule has 16 heavy (non-hydrogen) atoms. The lowest BCUT2D eigenvalue weighted by Gasteiger charge is -2.15. The van der Waals surface area contributed by atoms with Crippen LogP contribution in [0.25, 0.3) is 10.4 Å². The molecule has 0 saturated heterocycles. The van der Waals surface area contributed by atoms with Gasteiger partial charge in [-0.05, 0) is 6.07 Å². The molecule has 0 aliphatic carbocycles. The zero-order valence-electron chi connectivity index (χ0n) is 8.10. The maximum atomic E-state index is 10.9. The second-order valence-electron chi connectivity index (χ2n) is 3.40. The van der Waals surface area contributed by atoms with Gasteiger partial charge in [0, 0.05) is 11.8 Å². The summed E-state index contributed by atoms with van der Waals surface area (Å²) < 4.78 is 0. The highest BCUT2D eigenvalue weighted by atomic mass is 32.1. The Morgan fingerprint density at radius 3 is 3.25 bits per heavy atom. The summed E-state index contributed by atoms with van der Waals surface area (Å²) in [6.45, 7) is 0.612. The van der Waals surface area contributed by atoms with E-state index < -0.39 is 5.97 Å². The maximum Gasteiger partial charge on any atom is 0.345 e. The number of nitrogens with zero attached hydrogens (tertiary/aromatic N) is 2. The first-order valence-electron chi connectivity index (χ1n) is 4.66. The van der Waals surface area contributed by atoms with E-state index in [9.17, 15) is 4.79 Å². The van der Waals surface area contributed by atoms with E-state index in [-0.39, 0.29) is 0 Å². The first-order chi connectivity index (χ1) is 7.75.